The molecule has 0 aromatic heterocycles. The molecule has 1 rings (SSSR count). The maximum absolute atomic E-state index is 11.6. The molecule has 2 amide bonds. The van der Waals surface area contributed by atoms with Crippen LogP contribution in [0.4, 0.5) is 0 Å². The van der Waals surface area contributed by atoms with Gasteiger partial charge in [0.1, 0.15) is 0 Å². The minimum Gasteiger partial charge on any atom is -0.503 e. The number of carbonyl (C=O) groups is 2. The second-order valence-electron chi connectivity index (χ2n) is 5.28. The van der Waals surface area contributed by atoms with Crippen LogP contribution in [-0.2, 0) is 14.3 Å². The van der Waals surface area contributed by atoms with E-state index in [9.17, 15) is 14.7 Å². The number of carbonyl (C=O) groups excluding carboxylic acids is 2. The molecule has 1 aromatic carbocycles. The van der Waals surface area contributed by atoms with Crippen molar-refractivity contribution in [1.29, 1.82) is 0 Å². The lowest BCUT2D eigenvalue weighted by Crippen LogP contribution is -2.38. The Balaban J connectivity index is 2.44. The molecule has 0 saturated carbocycles. The number of benzene rings is 1. The number of rotatable bonds is 8. The molecule has 0 aliphatic carbocycles. The zero-order chi connectivity index (χ0) is 18.8. The summed E-state index contributed by atoms with van der Waals surface area (Å²) in [7, 11) is 1.42. The molecule has 25 heavy (non-hydrogen) atoms. The predicted octanol–water partition coefficient (Wildman–Crippen LogP) is 1.54. The second-order valence-corrected chi connectivity index (χ2v) is 6.14. The van der Waals surface area contributed by atoms with Crippen LogP contribution in [0.2, 0.25) is 0 Å². The molecule has 0 aliphatic heterocycles. The highest BCUT2D eigenvalue weighted by Crippen LogP contribution is 2.34. The fourth-order valence-electron chi connectivity index (χ4n) is 1.71. The van der Waals surface area contributed by atoms with E-state index < -0.39 is 11.8 Å². The molecule has 9 heteroatoms. The Morgan fingerprint density at radius 3 is 2.72 bits per heavy atom. The number of hydrogen-bond acceptors (Lipinski definition) is 6. The predicted molar refractivity (Wildman–Crippen MR) is 96.8 cm³/mol. The molecule has 0 saturated heterocycles. The maximum Gasteiger partial charge on any atom is 0.329 e. The van der Waals surface area contributed by atoms with Gasteiger partial charge in [0, 0.05) is 13.2 Å². The highest BCUT2D eigenvalue weighted by molar-refractivity contribution is 9.10. The Kier molecular flexibility index (Phi) is 8.93. The van der Waals surface area contributed by atoms with Crippen LogP contribution in [0.5, 0.6) is 11.5 Å². The third-order valence-electron chi connectivity index (χ3n) is 2.91. The van der Waals surface area contributed by atoms with E-state index in [0.717, 1.165) is 0 Å². The summed E-state index contributed by atoms with van der Waals surface area (Å²) in [5.41, 5.74) is 2.69. The summed E-state index contributed by atoms with van der Waals surface area (Å²) in [5, 5.41) is 15.9. The van der Waals surface area contributed by atoms with Gasteiger partial charge in [0.2, 0.25) is 0 Å². The molecule has 0 heterocycles. The summed E-state index contributed by atoms with van der Waals surface area (Å²) in [4.78, 5) is 23.2. The van der Waals surface area contributed by atoms with Gasteiger partial charge in [0.25, 0.3) is 0 Å². The number of nitrogens with one attached hydrogen (secondary N) is 2. The summed E-state index contributed by atoms with van der Waals surface area (Å²) in [6.45, 7) is 4.69. The lowest BCUT2D eigenvalue weighted by molar-refractivity contribution is -0.139. The van der Waals surface area contributed by atoms with Gasteiger partial charge in [-0.15, -0.1) is 0 Å². The van der Waals surface area contributed by atoms with Crippen LogP contribution in [-0.4, -0.2) is 49.5 Å². The van der Waals surface area contributed by atoms with Crippen molar-refractivity contribution in [1.82, 2.24) is 10.7 Å². The first-order valence-corrected chi connectivity index (χ1v) is 8.43. The molecule has 0 unspecified atom stereocenters. The maximum atomic E-state index is 11.6. The van der Waals surface area contributed by atoms with Crippen molar-refractivity contribution in [3.8, 4) is 11.5 Å². The van der Waals surface area contributed by atoms with Crippen molar-refractivity contribution >= 4 is 34.0 Å². The zero-order valence-corrected chi connectivity index (χ0v) is 15.9. The minimum atomic E-state index is -0.870. The number of ether oxygens (including phenoxy) is 2. The lowest BCUT2D eigenvalue weighted by atomic mass is 10.2. The van der Waals surface area contributed by atoms with E-state index in [2.05, 4.69) is 31.8 Å². The summed E-state index contributed by atoms with van der Waals surface area (Å²) < 4.78 is 10.8. The van der Waals surface area contributed by atoms with Gasteiger partial charge in [-0.2, -0.15) is 5.10 Å². The van der Waals surface area contributed by atoms with E-state index in [0.29, 0.717) is 29.6 Å². The number of phenolic OH excluding ortho intramolecular Hbond substituents is 1. The van der Waals surface area contributed by atoms with E-state index in [1.54, 1.807) is 6.07 Å². The van der Waals surface area contributed by atoms with E-state index in [4.69, 9.17) is 9.47 Å². The monoisotopic (exact) mass is 415 g/mol. The summed E-state index contributed by atoms with van der Waals surface area (Å²) >= 11 is 3.18. The van der Waals surface area contributed by atoms with Crippen LogP contribution >= 0.6 is 15.9 Å². The first-order valence-electron chi connectivity index (χ1n) is 7.64. The first kappa shape index (κ1) is 20.9. The Hall–Kier alpha value is -2.13. The molecular weight excluding hydrogens is 394 g/mol. The third-order valence-corrected chi connectivity index (χ3v) is 3.52. The van der Waals surface area contributed by atoms with Crippen LogP contribution in [0.25, 0.3) is 0 Å². The van der Waals surface area contributed by atoms with Gasteiger partial charge in [0.05, 0.1) is 23.9 Å². The van der Waals surface area contributed by atoms with Crippen LogP contribution in [0.1, 0.15) is 25.8 Å². The molecule has 0 fully saturated rings. The lowest BCUT2D eigenvalue weighted by Gasteiger charge is -2.07. The van der Waals surface area contributed by atoms with Gasteiger partial charge < -0.3 is 19.9 Å². The second kappa shape index (κ2) is 10.7. The molecule has 0 bridgehead atoms. The normalized spacial score (nSPS) is 10.9. The minimum absolute atomic E-state index is 0.0375. The Morgan fingerprint density at radius 1 is 1.36 bits per heavy atom. The van der Waals surface area contributed by atoms with Crippen molar-refractivity contribution in [2.45, 2.75) is 26.4 Å². The Morgan fingerprint density at radius 2 is 2.08 bits per heavy atom. The standard InChI is InChI=1S/C16H22BrN3O5/c1-10(2)25-6-4-5-18-15(22)16(23)20-19-9-11-7-12(17)14(21)13(8-11)24-3/h7-10,21H,4-6H2,1-3H3,(H,18,22)(H,20,23)/b19-9-. The van der Waals surface area contributed by atoms with Crippen molar-refractivity contribution in [2.24, 2.45) is 5.10 Å². The van der Waals surface area contributed by atoms with Crippen molar-refractivity contribution < 1.29 is 24.2 Å². The smallest absolute Gasteiger partial charge is 0.329 e. The van der Waals surface area contributed by atoms with Gasteiger partial charge in [-0.25, -0.2) is 5.43 Å². The van der Waals surface area contributed by atoms with Crippen LogP contribution in [0.15, 0.2) is 21.7 Å². The summed E-state index contributed by atoms with van der Waals surface area (Å²) in [5.74, 6) is -1.43. The summed E-state index contributed by atoms with van der Waals surface area (Å²) in [6, 6.07) is 3.12. The molecule has 0 atom stereocenters. The largest absolute Gasteiger partial charge is 0.503 e. The molecular formula is C16H22BrN3O5. The van der Waals surface area contributed by atoms with Crippen LogP contribution < -0.4 is 15.5 Å². The summed E-state index contributed by atoms with van der Waals surface area (Å²) in [6.07, 6.45) is 2.07. The molecule has 1 aromatic rings. The fraction of sp³-hybridized carbons (Fsp3) is 0.438. The quantitative estimate of drug-likeness (QED) is 0.258. The number of aromatic hydroxyl groups is 1. The van der Waals surface area contributed by atoms with Gasteiger partial charge in [-0.05, 0) is 53.9 Å². The van der Waals surface area contributed by atoms with Crippen molar-refractivity contribution in [3.05, 3.63) is 22.2 Å². The molecule has 3 N–H and O–H groups in total. The number of halogens is 1. The van der Waals surface area contributed by atoms with Gasteiger partial charge in [0.15, 0.2) is 11.5 Å². The van der Waals surface area contributed by atoms with E-state index in [1.807, 2.05) is 13.8 Å². The highest BCUT2D eigenvalue weighted by Gasteiger charge is 2.12. The van der Waals surface area contributed by atoms with Crippen LogP contribution in [0, 0.1) is 0 Å². The van der Waals surface area contributed by atoms with Crippen molar-refractivity contribution in [3.63, 3.8) is 0 Å². The number of hydrazone groups is 1. The molecule has 138 valence electrons. The number of nitrogens with zero attached hydrogens (tertiary/aromatic N) is 1. The van der Waals surface area contributed by atoms with E-state index in [1.165, 1.54) is 19.4 Å². The Bertz CT molecular complexity index is 634. The molecule has 0 spiro atoms. The molecule has 8 nitrogen and oxygen atoms in total. The van der Waals surface area contributed by atoms with E-state index in [-0.39, 0.29) is 17.6 Å². The number of methoxy groups -OCH3 is 1. The van der Waals surface area contributed by atoms with Crippen LogP contribution in [0.3, 0.4) is 0 Å². The number of amides is 2. The van der Waals surface area contributed by atoms with Gasteiger partial charge in [-0.1, -0.05) is 0 Å². The first-order chi connectivity index (χ1) is 11.8. The number of phenols is 1. The third kappa shape index (κ3) is 7.53. The van der Waals surface area contributed by atoms with Crippen molar-refractivity contribution in [2.75, 3.05) is 20.3 Å². The SMILES string of the molecule is COc1cc(/C=N\NC(=O)C(=O)NCCCOC(C)C)cc(Br)c1O. The van der Waals surface area contributed by atoms with E-state index >= 15 is 0 Å². The molecule has 0 radical (unpaired) electrons. The highest BCUT2D eigenvalue weighted by atomic mass is 79.9. The average Bonchev–Trinajstić information content (AvgIpc) is 2.56. The zero-order valence-electron chi connectivity index (χ0n) is 14.3. The topological polar surface area (TPSA) is 109 Å². The molecule has 0 aliphatic rings. The number of hydrogen-bond donors (Lipinski definition) is 3. The van der Waals surface area contributed by atoms with Gasteiger partial charge in [-0.3, -0.25) is 9.59 Å². The Labute approximate surface area is 154 Å². The van der Waals surface area contributed by atoms with Gasteiger partial charge >= 0.3 is 11.8 Å². The fourth-order valence-corrected chi connectivity index (χ4v) is 2.17. The average molecular weight is 416 g/mol.